The fourth-order valence-electron chi connectivity index (χ4n) is 1.16. The van der Waals surface area contributed by atoms with E-state index in [2.05, 4.69) is 15.7 Å². The smallest absolute Gasteiger partial charge is 0.355 e. The molecule has 0 radical (unpaired) electrons. The molecule has 1 aromatic rings. The van der Waals surface area contributed by atoms with E-state index in [0.29, 0.717) is 5.95 Å². The molecule has 16 heavy (non-hydrogen) atoms. The summed E-state index contributed by atoms with van der Waals surface area (Å²) < 4.78 is 2.07. The van der Waals surface area contributed by atoms with Gasteiger partial charge in [-0.1, -0.05) is 0 Å². The molecule has 7 nitrogen and oxygen atoms in total. The first-order chi connectivity index (χ1) is 7.26. The van der Waals surface area contributed by atoms with Crippen LogP contribution in [-0.4, -0.2) is 33.0 Å². The van der Waals surface area contributed by atoms with Crippen molar-refractivity contribution in [3.8, 4) is 0 Å². The largest absolute Gasteiger partial charge is 0.357 e. The second-order valence-electron chi connectivity index (χ2n) is 4.51. The highest BCUT2D eigenvalue weighted by molar-refractivity contribution is 5.76. The Kier molecular flexibility index (Phi) is 3.06. The Morgan fingerprint density at radius 3 is 2.31 bits per heavy atom. The highest BCUT2D eigenvalue weighted by Gasteiger charge is 2.19. The Hall–Kier alpha value is -1.79. The molecule has 0 aliphatic heterocycles. The molecule has 0 fully saturated rings. The van der Waals surface area contributed by atoms with E-state index in [1.165, 1.54) is 4.57 Å². The average Bonchev–Trinajstić information content (AvgIpc) is 2.41. The normalized spacial score (nSPS) is 11.3. The fraction of sp³-hybridized carbons (Fsp3) is 0.667. The first-order valence-corrected chi connectivity index (χ1v) is 4.92. The Labute approximate surface area is 93.4 Å². The summed E-state index contributed by atoms with van der Waals surface area (Å²) in [4.78, 5) is 23.3. The van der Waals surface area contributed by atoms with Gasteiger partial charge >= 0.3 is 11.7 Å². The van der Waals surface area contributed by atoms with Gasteiger partial charge in [-0.25, -0.2) is 9.59 Å². The summed E-state index contributed by atoms with van der Waals surface area (Å²) in [5, 5.41) is 9.24. The molecule has 0 spiro atoms. The molecule has 7 heteroatoms. The summed E-state index contributed by atoms with van der Waals surface area (Å²) in [5.41, 5.74) is -0.889. The molecule has 2 N–H and O–H groups in total. The van der Waals surface area contributed by atoms with Gasteiger partial charge in [-0.2, -0.15) is 0 Å². The predicted octanol–water partition coefficient (Wildman–Crippen LogP) is -0.0203. The van der Waals surface area contributed by atoms with Gasteiger partial charge in [0.1, 0.15) is 0 Å². The lowest BCUT2D eigenvalue weighted by molar-refractivity contribution is 0.229. The van der Waals surface area contributed by atoms with Gasteiger partial charge in [-0.3, -0.25) is 4.57 Å². The van der Waals surface area contributed by atoms with Gasteiger partial charge in [0.2, 0.25) is 5.95 Å². The van der Waals surface area contributed by atoms with E-state index >= 15 is 0 Å². The van der Waals surface area contributed by atoms with E-state index in [9.17, 15) is 9.59 Å². The SMILES string of the molecule is CNc1nn(C(=O)NC(C)(C)C)c(=O)n1C. The van der Waals surface area contributed by atoms with E-state index in [4.69, 9.17) is 0 Å². The molecule has 0 aromatic carbocycles. The van der Waals surface area contributed by atoms with Gasteiger partial charge in [0.05, 0.1) is 0 Å². The average molecular weight is 227 g/mol. The monoisotopic (exact) mass is 227 g/mol. The van der Waals surface area contributed by atoms with Crippen molar-refractivity contribution < 1.29 is 4.79 Å². The number of anilines is 1. The number of carbonyl (C=O) groups is 1. The molecule has 0 atom stereocenters. The third-order valence-electron chi connectivity index (χ3n) is 1.88. The summed E-state index contributed by atoms with van der Waals surface area (Å²) >= 11 is 0. The van der Waals surface area contributed by atoms with E-state index in [1.54, 1.807) is 14.1 Å². The topological polar surface area (TPSA) is 81.0 Å². The predicted molar refractivity (Wildman–Crippen MR) is 60.7 cm³/mol. The first-order valence-electron chi connectivity index (χ1n) is 4.92. The lowest BCUT2D eigenvalue weighted by Gasteiger charge is -2.19. The number of carbonyl (C=O) groups excluding carboxylic acids is 1. The van der Waals surface area contributed by atoms with Crippen molar-refractivity contribution in [3.05, 3.63) is 10.5 Å². The van der Waals surface area contributed by atoms with E-state index < -0.39 is 17.3 Å². The zero-order valence-electron chi connectivity index (χ0n) is 10.2. The molecule has 90 valence electrons. The van der Waals surface area contributed by atoms with E-state index in [0.717, 1.165) is 4.68 Å². The second-order valence-corrected chi connectivity index (χ2v) is 4.51. The second kappa shape index (κ2) is 3.99. The van der Waals surface area contributed by atoms with Crippen LogP contribution in [0.3, 0.4) is 0 Å². The fourth-order valence-corrected chi connectivity index (χ4v) is 1.16. The summed E-state index contributed by atoms with van der Waals surface area (Å²) in [6, 6.07) is -0.533. The molecule has 0 bridgehead atoms. The van der Waals surface area contributed by atoms with Crippen LogP contribution in [0, 0.1) is 0 Å². The molecule has 1 heterocycles. The van der Waals surface area contributed by atoms with Gasteiger partial charge in [0.15, 0.2) is 0 Å². The maximum Gasteiger partial charge on any atom is 0.355 e. The molecule has 1 rings (SSSR count). The summed E-state index contributed by atoms with van der Waals surface area (Å²) in [5.74, 6) is 0.342. The summed E-state index contributed by atoms with van der Waals surface area (Å²) in [7, 11) is 3.18. The Bertz CT molecular complexity index is 451. The third-order valence-corrected chi connectivity index (χ3v) is 1.88. The Morgan fingerprint density at radius 2 is 1.94 bits per heavy atom. The van der Waals surface area contributed by atoms with Crippen LogP contribution in [0.5, 0.6) is 0 Å². The van der Waals surface area contributed by atoms with Gasteiger partial charge in [0.25, 0.3) is 0 Å². The van der Waals surface area contributed by atoms with E-state index in [-0.39, 0.29) is 0 Å². The zero-order chi connectivity index (χ0) is 12.5. The van der Waals surface area contributed by atoms with E-state index in [1.807, 2.05) is 20.8 Å². The van der Waals surface area contributed by atoms with Crippen LogP contribution in [0.1, 0.15) is 20.8 Å². The van der Waals surface area contributed by atoms with Crippen molar-refractivity contribution >= 4 is 12.0 Å². The van der Waals surface area contributed by atoms with Crippen molar-refractivity contribution in [1.82, 2.24) is 19.7 Å². The zero-order valence-corrected chi connectivity index (χ0v) is 10.2. The highest BCUT2D eigenvalue weighted by atomic mass is 16.2. The molecule has 0 aliphatic carbocycles. The number of hydrogen-bond acceptors (Lipinski definition) is 4. The van der Waals surface area contributed by atoms with Gasteiger partial charge < -0.3 is 10.6 Å². The minimum Gasteiger partial charge on any atom is -0.357 e. The number of rotatable bonds is 1. The van der Waals surface area contributed by atoms with Gasteiger partial charge in [-0.05, 0) is 20.8 Å². The molecule has 0 saturated heterocycles. The van der Waals surface area contributed by atoms with Crippen molar-refractivity contribution in [2.45, 2.75) is 26.3 Å². The van der Waals surface area contributed by atoms with Crippen molar-refractivity contribution in [1.29, 1.82) is 0 Å². The van der Waals surface area contributed by atoms with Gasteiger partial charge in [-0.15, -0.1) is 9.78 Å². The van der Waals surface area contributed by atoms with Crippen LogP contribution in [-0.2, 0) is 7.05 Å². The number of hydrogen-bond donors (Lipinski definition) is 2. The minimum atomic E-state index is -0.533. The van der Waals surface area contributed by atoms with Crippen molar-refractivity contribution in [2.24, 2.45) is 7.05 Å². The summed E-state index contributed by atoms with van der Waals surface area (Å²) in [6.45, 7) is 5.49. The molecular formula is C9H17N5O2. The van der Waals surface area contributed by atoms with Crippen LogP contribution >= 0.6 is 0 Å². The first kappa shape index (κ1) is 12.3. The van der Waals surface area contributed by atoms with Gasteiger partial charge in [0, 0.05) is 19.6 Å². The maximum atomic E-state index is 11.7. The number of nitrogens with one attached hydrogen (secondary N) is 2. The van der Waals surface area contributed by atoms with Crippen LogP contribution < -0.4 is 16.3 Å². The van der Waals surface area contributed by atoms with Crippen LogP contribution in [0.4, 0.5) is 10.7 Å². The highest BCUT2D eigenvalue weighted by Crippen LogP contribution is 2.00. The number of aromatic nitrogens is 3. The lowest BCUT2D eigenvalue weighted by Crippen LogP contribution is -2.46. The quantitative estimate of drug-likeness (QED) is 0.706. The summed E-state index contributed by atoms with van der Waals surface area (Å²) in [6.07, 6.45) is 0. The maximum absolute atomic E-state index is 11.7. The van der Waals surface area contributed by atoms with Crippen LogP contribution in [0.25, 0.3) is 0 Å². The molecule has 1 amide bonds. The Balaban J connectivity index is 3.06. The standard InChI is InChI=1S/C9H17N5O2/c1-9(2,3)11-7(15)14-8(16)13(5)6(10-4)12-14/h1-5H3,(H,10,12)(H,11,15). The Morgan fingerprint density at radius 1 is 1.38 bits per heavy atom. The number of amides is 1. The molecular weight excluding hydrogens is 210 g/mol. The van der Waals surface area contributed by atoms with Crippen molar-refractivity contribution in [3.63, 3.8) is 0 Å². The number of nitrogens with zero attached hydrogens (tertiary/aromatic N) is 3. The lowest BCUT2D eigenvalue weighted by atomic mass is 10.1. The van der Waals surface area contributed by atoms with Crippen molar-refractivity contribution in [2.75, 3.05) is 12.4 Å². The molecule has 0 unspecified atom stereocenters. The van der Waals surface area contributed by atoms with Crippen LogP contribution in [0.15, 0.2) is 4.79 Å². The molecule has 0 aliphatic rings. The van der Waals surface area contributed by atoms with Crippen LogP contribution in [0.2, 0.25) is 0 Å². The molecule has 1 aromatic heterocycles. The minimum absolute atomic E-state index is 0.342. The molecule has 0 saturated carbocycles. The third kappa shape index (κ3) is 2.41.